The Labute approximate surface area is 173 Å². The summed E-state index contributed by atoms with van der Waals surface area (Å²) in [5.41, 5.74) is 7.94. The van der Waals surface area contributed by atoms with E-state index in [9.17, 15) is 9.59 Å². The maximum atomic E-state index is 13.0. The molecule has 0 aliphatic carbocycles. The van der Waals surface area contributed by atoms with Crippen molar-refractivity contribution < 1.29 is 9.53 Å². The summed E-state index contributed by atoms with van der Waals surface area (Å²) in [4.78, 5) is 34.6. The number of benzene rings is 1. The van der Waals surface area contributed by atoms with E-state index in [1.165, 1.54) is 13.2 Å². The number of aromatic nitrogens is 3. The Kier molecular flexibility index (Phi) is 5.47. The van der Waals surface area contributed by atoms with Crippen molar-refractivity contribution >= 4 is 11.6 Å². The molecule has 3 aromatic rings. The monoisotopic (exact) mass is 405 g/mol. The largest absolute Gasteiger partial charge is 0.496 e. The maximum Gasteiger partial charge on any atom is 0.255 e. The number of carbonyl (C=O) groups excluding carboxylic acids is 1. The van der Waals surface area contributed by atoms with Gasteiger partial charge in [0.15, 0.2) is 0 Å². The first-order valence-corrected chi connectivity index (χ1v) is 9.83. The number of pyridine rings is 1. The second-order valence-electron chi connectivity index (χ2n) is 7.21. The van der Waals surface area contributed by atoms with Gasteiger partial charge in [0, 0.05) is 42.3 Å². The van der Waals surface area contributed by atoms with Gasteiger partial charge in [-0.05, 0) is 43.5 Å². The van der Waals surface area contributed by atoms with Gasteiger partial charge in [0.1, 0.15) is 11.6 Å². The van der Waals surface area contributed by atoms with Crippen LogP contribution >= 0.6 is 0 Å². The molecule has 1 aliphatic rings. The van der Waals surface area contributed by atoms with E-state index in [1.54, 1.807) is 35.2 Å². The summed E-state index contributed by atoms with van der Waals surface area (Å²) >= 11 is 0. The molecule has 8 heteroatoms. The molecule has 30 heavy (non-hydrogen) atoms. The fourth-order valence-corrected chi connectivity index (χ4v) is 3.70. The second-order valence-corrected chi connectivity index (χ2v) is 7.21. The number of anilines is 1. The van der Waals surface area contributed by atoms with Gasteiger partial charge >= 0.3 is 0 Å². The van der Waals surface area contributed by atoms with Crippen molar-refractivity contribution in [2.24, 2.45) is 0 Å². The smallest absolute Gasteiger partial charge is 0.255 e. The van der Waals surface area contributed by atoms with Crippen LogP contribution in [0.25, 0.3) is 11.3 Å². The van der Waals surface area contributed by atoms with E-state index in [2.05, 4.69) is 10.3 Å². The van der Waals surface area contributed by atoms with Gasteiger partial charge in [-0.25, -0.2) is 4.98 Å². The van der Waals surface area contributed by atoms with Crippen LogP contribution in [0, 0.1) is 0 Å². The molecule has 4 rings (SSSR count). The fourth-order valence-electron chi connectivity index (χ4n) is 3.70. The minimum atomic E-state index is -0.392. The molecule has 1 unspecified atom stereocenters. The fraction of sp³-hybridized carbons (Fsp3) is 0.273. The van der Waals surface area contributed by atoms with Crippen LogP contribution in [0.15, 0.2) is 53.6 Å². The maximum absolute atomic E-state index is 13.0. The van der Waals surface area contributed by atoms with Crippen molar-refractivity contribution in [2.45, 2.75) is 31.8 Å². The van der Waals surface area contributed by atoms with Gasteiger partial charge in [0.05, 0.1) is 24.4 Å². The van der Waals surface area contributed by atoms with Crippen LogP contribution in [-0.2, 0) is 6.54 Å². The summed E-state index contributed by atoms with van der Waals surface area (Å²) in [6.45, 7) is 0.579. The number of hydrogen-bond donors (Lipinski definition) is 2. The van der Waals surface area contributed by atoms with Crippen LogP contribution in [0.2, 0.25) is 0 Å². The number of carbonyl (C=O) groups is 1. The summed E-state index contributed by atoms with van der Waals surface area (Å²) in [5, 5.41) is 3.04. The lowest BCUT2D eigenvalue weighted by molar-refractivity contribution is 0.0929. The van der Waals surface area contributed by atoms with Crippen LogP contribution in [0.1, 0.15) is 41.5 Å². The van der Waals surface area contributed by atoms with Crippen LogP contribution in [0.4, 0.5) is 5.69 Å². The van der Waals surface area contributed by atoms with Gasteiger partial charge in [-0.15, -0.1) is 0 Å². The molecular formula is C22H23N5O3. The summed E-state index contributed by atoms with van der Waals surface area (Å²) in [7, 11) is 1.49. The van der Waals surface area contributed by atoms with Crippen molar-refractivity contribution in [3.8, 4) is 17.0 Å². The van der Waals surface area contributed by atoms with Gasteiger partial charge in [0.25, 0.3) is 11.5 Å². The van der Waals surface area contributed by atoms with Gasteiger partial charge in [-0.3, -0.25) is 19.1 Å². The number of nitrogens with one attached hydrogen (secondary N) is 1. The zero-order chi connectivity index (χ0) is 21.1. The highest BCUT2D eigenvalue weighted by Gasteiger charge is 2.25. The highest BCUT2D eigenvalue weighted by atomic mass is 16.5. The van der Waals surface area contributed by atoms with Crippen LogP contribution in [-0.4, -0.2) is 27.6 Å². The molecule has 0 fully saturated rings. The Morgan fingerprint density at radius 3 is 2.77 bits per heavy atom. The summed E-state index contributed by atoms with van der Waals surface area (Å²) in [6.07, 6.45) is 5.73. The quantitative estimate of drug-likeness (QED) is 0.645. The molecule has 0 saturated carbocycles. The lowest BCUT2D eigenvalue weighted by Crippen LogP contribution is -2.34. The van der Waals surface area contributed by atoms with E-state index < -0.39 is 6.04 Å². The summed E-state index contributed by atoms with van der Waals surface area (Å²) < 4.78 is 6.96. The Balaban J connectivity index is 1.71. The number of fused-ring (bicyclic) bond motifs is 1. The molecule has 1 atom stereocenters. The zero-order valence-electron chi connectivity index (χ0n) is 16.7. The van der Waals surface area contributed by atoms with Gasteiger partial charge in [-0.1, -0.05) is 0 Å². The molecule has 3 heterocycles. The van der Waals surface area contributed by atoms with E-state index in [-0.39, 0.29) is 11.5 Å². The van der Waals surface area contributed by atoms with Crippen molar-refractivity contribution in [3.05, 3.63) is 70.5 Å². The first kappa shape index (κ1) is 19.6. The Hall–Kier alpha value is -3.68. The van der Waals surface area contributed by atoms with Crippen molar-refractivity contribution in [1.82, 2.24) is 19.9 Å². The molecule has 1 aliphatic heterocycles. The average molecular weight is 405 g/mol. The third-order valence-corrected chi connectivity index (χ3v) is 5.23. The standard InChI is InChI=1S/C22H23N5O3/c1-30-19-12-15(23)5-6-16(19)22(29)26-17-4-2-3-11-27-20(28)13-18(25-21(17)27)14-7-9-24-10-8-14/h5-10,12-13,17H,2-4,11,23H2,1H3,(H,26,29). The number of amides is 1. The Morgan fingerprint density at radius 2 is 2.00 bits per heavy atom. The van der Waals surface area contributed by atoms with E-state index in [4.69, 9.17) is 15.5 Å². The number of methoxy groups -OCH3 is 1. The Morgan fingerprint density at radius 1 is 1.20 bits per heavy atom. The SMILES string of the molecule is COc1cc(N)ccc1C(=O)NC1CCCCn2c1nc(-c1ccncc1)cc2=O. The van der Waals surface area contributed by atoms with E-state index in [0.29, 0.717) is 41.5 Å². The predicted octanol–water partition coefficient (Wildman–Crippen LogP) is 2.55. The molecule has 0 bridgehead atoms. The molecule has 3 N–H and O–H groups in total. The second kappa shape index (κ2) is 8.36. The Bertz CT molecular complexity index is 1130. The zero-order valence-corrected chi connectivity index (χ0v) is 16.7. The first-order valence-electron chi connectivity index (χ1n) is 9.83. The van der Waals surface area contributed by atoms with Crippen molar-refractivity contribution in [3.63, 3.8) is 0 Å². The van der Waals surface area contributed by atoms with Crippen molar-refractivity contribution in [1.29, 1.82) is 0 Å². The van der Waals surface area contributed by atoms with Crippen LogP contribution in [0.3, 0.4) is 0 Å². The minimum Gasteiger partial charge on any atom is -0.496 e. The molecule has 0 radical (unpaired) electrons. The number of hydrogen-bond acceptors (Lipinski definition) is 6. The van der Waals surface area contributed by atoms with E-state index in [0.717, 1.165) is 18.4 Å². The molecule has 154 valence electrons. The normalized spacial score (nSPS) is 15.7. The number of nitrogens with zero attached hydrogens (tertiary/aromatic N) is 3. The van der Waals surface area contributed by atoms with Gasteiger partial charge < -0.3 is 15.8 Å². The first-order chi connectivity index (χ1) is 14.6. The lowest BCUT2D eigenvalue weighted by atomic mass is 10.1. The third kappa shape index (κ3) is 3.89. The van der Waals surface area contributed by atoms with E-state index >= 15 is 0 Å². The third-order valence-electron chi connectivity index (χ3n) is 5.23. The van der Waals surface area contributed by atoms with Gasteiger partial charge in [-0.2, -0.15) is 0 Å². The molecule has 0 spiro atoms. The highest BCUT2D eigenvalue weighted by molar-refractivity contribution is 5.97. The topological polar surface area (TPSA) is 112 Å². The van der Waals surface area contributed by atoms with Crippen molar-refractivity contribution in [2.75, 3.05) is 12.8 Å². The molecule has 2 aromatic heterocycles. The molecular weight excluding hydrogens is 382 g/mol. The van der Waals surface area contributed by atoms with Crippen LogP contribution in [0.5, 0.6) is 5.75 Å². The summed E-state index contributed by atoms with van der Waals surface area (Å²) in [6, 6.07) is 9.66. The molecule has 1 amide bonds. The molecule has 8 nitrogen and oxygen atoms in total. The minimum absolute atomic E-state index is 0.127. The molecule has 1 aromatic carbocycles. The summed E-state index contributed by atoms with van der Waals surface area (Å²) in [5.74, 6) is 0.667. The highest BCUT2D eigenvalue weighted by Crippen LogP contribution is 2.26. The lowest BCUT2D eigenvalue weighted by Gasteiger charge is -2.20. The number of nitrogen functional groups attached to an aromatic ring is 1. The van der Waals surface area contributed by atoms with E-state index in [1.807, 2.05) is 12.1 Å². The average Bonchev–Trinajstić information content (AvgIpc) is 2.96. The van der Waals surface area contributed by atoms with Gasteiger partial charge in [0.2, 0.25) is 0 Å². The number of nitrogens with two attached hydrogens (primary N) is 1. The number of ether oxygens (including phenoxy) is 1. The predicted molar refractivity (Wildman–Crippen MR) is 113 cm³/mol. The number of rotatable bonds is 4. The van der Waals surface area contributed by atoms with Crippen LogP contribution < -0.4 is 21.3 Å². The molecule has 0 saturated heterocycles.